The molecule has 17 heteroatoms. The minimum Gasteiger partial charge on any atom is -0.446 e. The average molecular weight is 734 g/mol. The highest BCUT2D eigenvalue weighted by molar-refractivity contribution is 6.02. The van der Waals surface area contributed by atoms with Gasteiger partial charge in [-0.15, -0.1) is 0 Å². The lowest BCUT2D eigenvalue weighted by atomic mass is 10.0. The molecule has 4 aromatic rings. The predicted octanol–water partition coefficient (Wildman–Crippen LogP) is 2.93. The number of aromatic amines is 1. The molecule has 6 rings (SSSR count). The summed E-state index contributed by atoms with van der Waals surface area (Å²) >= 11 is 0. The van der Waals surface area contributed by atoms with Crippen molar-refractivity contribution in [3.05, 3.63) is 64.0 Å². The summed E-state index contributed by atoms with van der Waals surface area (Å²) in [6.45, 7) is 5.82. The SMILES string of the molecule is CC(C)NC(=O)O[C@@H]1CC[C@H](c2cc(NC(=O)c3ccnn3CCOCCOCCCc3ccc4c(c3)n(C)c(=O)n4C3CCC(=O)NC3=O)n[nH]2)C1. The Labute approximate surface area is 305 Å². The van der Waals surface area contributed by atoms with Gasteiger partial charge in [-0.2, -0.15) is 10.2 Å². The van der Waals surface area contributed by atoms with E-state index in [1.807, 2.05) is 38.1 Å². The van der Waals surface area contributed by atoms with Crippen molar-refractivity contribution in [2.24, 2.45) is 7.05 Å². The summed E-state index contributed by atoms with van der Waals surface area (Å²) in [6.07, 6.45) is 5.30. The zero-order chi connectivity index (χ0) is 37.5. The van der Waals surface area contributed by atoms with Gasteiger partial charge in [-0.25, -0.2) is 9.59 Å². The molecule has 1 aromatic carbocycles. The van der Waals surface area contributed by atoms with Crippen LogP contribution in [0.4, 0.5) is 10.6 Å². The maximum Gasteiger partial charge on any atom is 0.407 e. The highest BCUT2D eigenvalue weighted by atomic mass is 16.6. The largest absolute Gasteiger partial charge is 0.446 e. The lowest BCUT2D eigenvalue weighted by molar-refractivity contribution is -0.135. The topological polar surface area (TPSA) is 205 Å². The zero-order valence-electron chi connectivity index (χ0n) is 30.3. The fourth-order valence-corrected chi connectivity index (χ4v) is 6.89. The molecule has 0 spiro atoms. The number of carbonyl (C=O) groups excluding carboxylic acids is 4. The summed E-state index contributed by atoms with van der Waals surface area (Å²) in [7, 11) is 1.68. The molecule has 53 heavy (non-hydrogen) atoms. The lowest BCUT2D eigenvalue weighted by Crippen LogP contribution is -2.44. The number of imidazole rings is 1. The van der Waals surface area contributed by atoms with E-state index in [4.69, 9.17) is 14.2 Å². The highest BCUT2D eigenvalue weighted by Gasteiger charge is 2.32. The summed E-state index contributed by atoms with van der Waals surface area (Å²) in [4.78, 5) is 62.0. The van der Waals surface area contributed by atoms with E-state index in [0.717, 1.165) is 42.5 Å². The van der Waals surface area contributed by atoms with Gasteiger partial charge in [0.1, 0.15) is 17.8 Å². The zero-order valence-corrected chi connectivity index (χ0v) is 30.3. The number of aromatic nitrogens is 6. The van der Waals surface area contributed by atoms with Crippen LogP contribution in [0.2, 0.25) is 0 Å². The van der Waals surface area contributed by atoms with E-state index in [1.54, 1.807) is 24.0 Å². The number of imide groups is 1. The Bertz CT molecular complexity index is 1990. The number of hydrogen-bond acceptors (Lipinski definition) is 10. The van der Waals surface area contributed by atoms with Gasteiger partial charge in [0.25, 0.3) is 5.91 Å². The van der Waals surface area contributed by atoms with E-state index < -0.39 is 18.0 Å². The molecule has 1 unspecified atom stereocenters. The molecule has 1 aliphatic heterocycles. The second-order valence-electron chi connectivity index (χ2n) is 13.8. The number of aryl methyl sites for hydroxylation is 2. The number of nitrogens with zero attached hydrogens (tertiary/aromatic N) is 5. The number of carbonyl (C=O) groups is 4. The highest BCUT2D eigenvalue weighted by Crippen LogP contribution is 2.36. The Morgan fingerprint density at radius 1 is 1.00 bits per heavy atom. The van der Waals surface area contributed by atoms with Crippen molar-refractivity contribution in [1.82, 2.24) is 39.7 Å². The molecule has 0 bridgehead atoms. The van der Waals surface area contributed by atoms with Crippen LogP contribution in [0.3, 0.4) is 0 Å². The number of rotatable bonds is 16. The normalized spacial score (nSPS) is 18.8. The van der Waals surface area contributed by atoms with E-state index in [-0.39, 0.29) is 42.0 Å². The van der Waals surface area contributed by atoms with Gasteiger partial charge in [-0.1, -0.05) is 6.07 Å². The second-order valence-corrected chi connectivity index (χ2v) is 13.8. The lowest BCUT2D eigenvalue weighted by Gasteiger charge is -2.21. The van der Waals surface area contributed by atoms with Crippen LogP contribution in [0.25, 0.3) is 11.0 Å². The minimum absolute atomic E-state index is 0.0125. The minimum atomic E-state index is -0.709. The number of ether oxygens (including phenoxy) is 3. The molecule has 1 aliphatic carbocycles. The van der Waals surface area contributed by atoms with Crippen LogP contribution in [0, 0.1) is 0 Å². The molecule has 0 radical (unpaired) electrons. The monoisotopic (exact) mass is 733 g/mol. The van der Waals surface area contributed by atoms with Gasteiger partial charge in [0.2, 0.25) is 11.8 Å². The Morgan fingerprint density at radius 3 is 2.60 bits per heavy atom. The van der Waals surface area contributed by atoms with Crippen LogP contribution in [0.1, 0.15) is 86.1 Å². The molecule has 2 fully saturated rings. The van der Waals surface area contributed by atoms with Crippen molar-refractivity contribution in [1.29, 1.82) is 0 Å². The first-order chi connectivity index (χ1) is 25.6. The fraction of sp³-hybridized carbons (Fsp3) is 0.528. The van der Waals surface area contributed by atoms with E-state index in [2.05, 4.69) is 31.2 Å². The molecule has 4 N–H and O–H groups in total. The van der Waals surface area contributed by atoms with E-state index in [1.165, 1.54) is 9.13 Å². The summed E-state index contributed by atoms with van der Waals surface area (Å²) < 4.78 is 21.6. The maximum atomic E-state index is 13.0. The van der Waals surface area contributed by atoms with Gasteiger partial charge in [-0.3, -0.25) is 38.6 Å². The van der Waals surface area contributed by atoms with Crippen molar-refractivity contribution >= 4 is 40.7 Å². The Morgan fingerprint density at radius 2 is 1.81 bits per heavy atom. The summed E-state index contributed by atoms with van der Waals surface area (Å²) in [5.74, 6) is -0.552. The van der Waals surface area contributed by atoms with Crippen LogP contribution in [-0.4, -0.2) is 91.5 Å². The molecule has 1 saturated heterocycles. The predicted molar refractivity (Wildman–Crippen MR) is 192 cm³/mol. The summed E-state index contributed by atoms with van der Waals surface area (Å²) in [5, 5.41) is 19.4. The number of benzene rings is 1. The van der Waals surface area contributed by atoms with Gasteiger partial charge in [-0.05, 0) is 76.1 Å². The van der Waals surface area contributed by atoms with Gasteiger partial charge in [0.05, 0.1) is 37.4 Å². The smallest absolute Gasteiger partial charge is 0.407 e. The number of H-pyrrole nitrogens is 1. The van der Waals surface area contributed by atoms with Gasteiger partial charge in [0.15, 0.2) is 5.82 Å². The quantitative estimate of drug-likeness (QED) is 0.0979. The maximum absolute atomic E-state index is 13.0. The molecular weight excluding hydrogens is 686 g/mol. The number of fused-ring (bicyclic) bond motifs is 1. The van der Waals surface area contributed by atoms with Gasteiger partial charge in [0, 0.05) is 50.0 Å². The molecule has 3 aromatic heterocycles. The number of hydrogen-bond donors (Lipinski definition) is 4. The first-order valence-electron chi connectivity index (χ1n) is 18.1. The number of anilines is 1. The van der Waals surface area contributed by atoms with Crippen molar-refractivity contribution in [3.8, 4) is 0 Å². The van der Waals surface area contributed by atoms with E-state index in [9.17, 15) is 24.0 Å². The Balaban J connectivity index is 0.874. The molecule has 1 saturated carbocycles. The molecule has 284 valence electrons. The van der Waals surface area contributed by atoms with Crippen LogP contribution in [0.15, 0.2) is 41.3 Å². The molecule has 4 heterocycles. The third-order valence-corrected chi connectivity index (χ3v) is 9.54. The number of nitrogens with one attached hydrogen (secondary N) is 4. The van der Waals surface area contributed by atoms with Crippen molar-refractivity contribution in [3.63, 3.8) is 0 Å². The standard InChI is InChI=1S/C36H47N9O8/c1-22(2)38-35(49)53-25-8-7-24(20-25)26-21-31(42-41-26)39-33(47)28-12-13-37-44(28)14-16-52-18-17-51-15-4-5-23-6-9-27-30(19-23)43(3)36(50)45(27)29-10-11-32(46)40-34(29)48/h6,9,12-13,19,21-22,24-25,29H,4-5,7-8,10-11,14-18,20H2,1-3H3,(H,38,49)(H,40,46,48)(H2,39,41,42,47)/t24-,25+,29?/m0/s1. The van der Waals surface area contributed by atoms with E-state index in [0.29, 0.717) is 62.8 Å². The van der Waals surface area contributed by atoms with Crippen LogP contribution >= 0.6 is 0 Å². The number of alkyl carbamates (subject to hydrolysis) is 1. The number of amides is 4. The first-order valence-corrected chi connectivity index (χ1v) is 18.1. The van der Waals surface area contributed by atoms with Gasteiger partial charge < -0.3 is 24.8 Å². The molecule has 17 nitrogen and oxygen atoms in total. The van der Waals surface area contributed by atoms with Crippen LogP contribution in [-0.2, 0) is 43.8 Å². The van der Waals surface area contributed by atoms with Crippen molar-refractivity contribution in [2.45, 2.75) is 89.4 Å². The van der Waals surface area contributed by atoms with Crippen LogP contribution < -0.4 is 21.6 Å². The third-order valence-electron chi connectivity index (χ3n) is 9.54. The number of piperidine rings is 1. The van der Waals surface area contributed by atoms with Crippen LogP contribution in [0.5, 0.6) is 0 Å². The van der Waals surface area contributed by atoms with Crippen molar-refractivity contribution < 1.29 is 33.4 Å². The van der Waals surface area contributed by atoms with Crippen molar-refractivity contribution in [2.75, 3.05) is 31.7 Å². The average Bonchev–Trinajstić information content (AvgIpc) is 3.92. The molecule has 3 atom stereocenters. The summed E-state index contributed by atoms with van der Waals surface area (Å²) in [6, 6.07) is 8.51. The summed E-state index contributed by atoms with van der Waals surface area (Å²) in [5.41, 5.74) is 3.41. The van der Waals surface area contributed by atoms with E-state index >= 15 is 0 Å². The molecule has 2 aliphatic rings. The Hall–Kier alpha value is -5.29. The van der Waals surface area contributed by atoms with Gasteiger partial charge >= 0.3 is 11.8 Å². The molecular formula is C36H47N9O8. The third kappa shape index (κ3) is 9.21. The molecule has 4 amide bonds. The second kappa shape index (κ2) is 17.0. The Kier molecular flexibility index (Phi) is 12.0. The first kappa shape index (κ1) is 37.5. The fourth-order valence-electron chi connectivity index (χ4n) is 6.89.